The zero-order chi connectivity index (χ0) is 28.6. The first-order valence-electron chi connectivity index (χ1n) is 15.1. The van der Waals surface area contributed by atoms with E-state index in [1.807, 2.05) is 17.0 Å². The molecule has 10 heteroatoms. The fraction of sp³-hybridized carbons (Fsp3) is 0.500. The molecule has 0 bridgehead atoms. The Morgan fingerprint density at radius 3 is 2.50 bits per heavy atom. The Labute approximate surface area is 250 Å². The van der Waals surface area contributed by atoms with Gasteiger partial charge in [-0.15, -0.1) is 0 Å². The summed E-state index contributed by atoms with van der Waals surface area (Å²) in [7, 11) is 5.42. The van der Waals surface area contributed by atoms with E-state index < -0.39 is 0 Å². The zero-order valence-electron chi connectivity index (χ0n) is 24.4. The van der Waals surface area contributed by atoms with Gasteiger partial charge in [0.15, 0.2) is 11.6 Å². The predicted molar refractivity (Wildman–Crippen MR) is 163 cm³/mol. The summed E-state index contributed by atoms with van der Waals surface area (Å²) in [6.07, 6.45) is 6.56. The van der Waals surface area contributed by atoms with Crippen LogP contribution in [0.3, 0.4) is 0 Å². The first-order valence-corrected chi connectivity index (χ1v) is 15.9. The quantitative estimate of drug-likeness (QED) is 0.375. The van der Waals surface area contributed by atoms with Crippen molar-refractivity contribution in [3.05, 3.63) is 47.0 Å². The third kappa shape index (κ3) is 4.17. The van der Waals surface area contributed by atoms with E-state index in [1.54, 1.807) is 14.2 Å². The maximum atomic E-state index is 13.7. The monoisotopic (exact) mass is 587 g/mol. The molecule has 1 amide bonds. The summed E-state index contributed by atoms with van der Waals surface area (Å²) >= 11 is 1.38. The smallest absolute Gasteiger partial charge is 0.254 e. The lowest BCUT2D eigenvalue weighted by Gasteiger charge is -2.34. The summed E-state index contributed by atoms with van der Waals surface area (Å²) < 4.78 is 21.1. The van der Waals surface area contributed by atoms with Gasteiger partial charge in [0.25, 0.3) is 5.91 Å². The standard InChI is InChI=1S/C32H37N5O4S/c1-35-10-4-13-37(25-17-24(25)35)31(38)19-14-26(39-2)29(27(15-19)40-3)42-34-30-22-18-32(8-9-32)23-7-6-20(36-11-5-12-36)16-21(23)28(22)41-33-30/h6-7,14-16,24-25H,4-5,8-13,17-18H2,1-3H3,(H,33,34). The number of nitrogens with zero attached hydrogens (tertiary/aromatic N) is 4. The van der Waals surface area contributed by atoms with Crippen LogP contribution in [0.1, 0.15) is 53.6 Å². The van der Waals surface area contributed by atoms with Gasteiger partial charge in [0.1, 0.15) is 16.4 Å². The number of amides is 1. The number of anilines is 2. The van der Waals surface area contributed by atoms with E-state index in [-0.39, 0.29) is 17.4 Å². The number of likely N-dealkylation sites (N-methyl/N-ethyl adjacent to an activating group) is 1. The van der Waals surface area contributed by atoms with Crippen LogP contribution in [0.15, 0.2) is 39.8 Å². The van der Waals surface area contributed by atoms with E-state index in [1.165, 1.54) is 48.0 Å². The molecule has 1 aromatic heterocycles. The maximum Gasteiger partial charge on any atom is 0.254 e. The normalized spacial score (nSPS) is 23.3. The van der Waals surface area contributed by atoms with Crippen molar-refractivity contribution in [1.82, 2.24) is 15.0 Å². The van der Waals surface area contributed by atoms with Crippen molar-refractivity contribution < 1.29 is 18.8 Å². The van der Waals surface area contributed by atoms with Crippen LogP contribution in [0.4, 0.5) is 11.5 Å². The number of carbonyl (C=O) groups excluding carboxylic acids is 1. The van der Waals surface area contributed by atoms with E-state index >= 15 is 0 Å². The number of aromatic nitrogens is 1. The zero-order valence-corrected chi connectivity index (χ0v) is 25.3. The lowest BCUT2D eigenvalue weighted by atomic mass is 9.79. The van der Waals surface area contributed by atoms with Gasteiger partial charge >= 0.3 is 0 Å². The Bertz CT molecular complexity index is 1540. The molecule has 220 valence electrons. The second-order valence-electron chi connectivity index (χ2n) is 12.5. The SMILES string of the molecule is COc1cc(C(=O)N2CCCN(C)C3CC32)cc(OC)c1SNc1noc2c1CC1(CC1)c1ccc(N3CCC3)cc1-2. The molecule has 2 saturated carbocycles. The molecule has 42 heavy (non-hydrogen) atoms. The minimum atomic E-state index is 0.0375. The number of fused-ring (bicyclic) bond motifs is 5. The van der Waals surface area contributed by atoms with Gasteiger partial charge < -0.3 is 33.4 Å². The van der Waals surface area contributed by atoms with Gasteiger partial charge in [-0.25, -0.2) is 0 Å². The molecule has 2 aliphatic heterocycles. The van der Waals surface area contributed by atoms with Gasteiger partial charge in [-0.2, -0.15) is 0 Å². The third-order valence-electron chi connectivity index (χ3n) is 10.0. The summed E-state index contributed by atoms with van der Waals surface area (Å²) in [5, 5.41) is 4.49. The number of carbonyl (C=O) groups is 1. The molecule has 0 radical (unpaired) electrons. The van der Waals surface area contributed by atoms with Crippen molar-refractivity contribution >= 4 is 29.4 Å². The Morgan fingerprint density at radius 2 is 1.81 bits per heavy atom. The predicted octanol–water partition coefficient (Wildman–Crippen LogP) is 5.19. The van der Waals surface area contributed by atoms with Crippen molar-refractivity contribution in [3.8, 4) is 22.8 Å². The molecule has 3 aromatic rings. The molecule has 3 aliphatic carbocycles. The number of hydrogen-bond donors (Lipinski definition) is 1. The van der Waals surface area contributed by atoms with Crippen molar-refractivity contribution in [2.75, 3.05) is 57.1 Å². The van der Waals surface area contributed by atoms with E-state index in [9.17, 15) is 4.79 Å². The lowest BCUT2D eigenvalue weighted by molar-refractivity contribution is 0.0743. The fourth-order valence-corrected chi connectivity index (χ4v) is 8.02. The average Bonchev–Trinajstić information content (AvgIpc) is 3.89. The number of hydrogen-bond acceptors (Lipinski definition) is 9. The van der Waals surface area contributed by atoms with Crippen LogP contribution in [0.25, 0.3) is 11.3 Å². The highest BCUT2D eigenvalue weighted by Crippen LogP contribution is 2.59. The molecule has 2 unspecified atom stereocenters. The van der Waals surface area contributed by atoms with Crippen LogP contribution < -0.4 is 19.1 Å². The van der Waals surface area contributed by atoms with E-state index in [2.05, 4.69) is 44.9 Å². The van der Waals surface area contributed by atoms with Crippen molar-refractivity contribution in [1.29, 1.82) is 0 Å². The van der Waals surface area contributed by atoms with Crippen molar-refractivity contribution in [2.45, 2.75) is 60.9 Å². The Kier molecular flexibility index (Phi) is 6.16. The minimum absolute atomic E-state index is 0.0375. The molecular formula is C32H37N5O4S. The molecule has 1 spiro atoms. The van der Waals surface area contributed by atoms with Gasteiger partial charge in [-0.3, -0.25) is 4.79 Å². The second kappa shape index (κ2) is 9.84. The second-order valence-corrected chi connectivity index (χ2v) is 13.3. The van der Waals surface area contributed by atoms with Crippen molar-refractivity contribution in [2.24, 2.45) is 0 Å². The molecule has 2 atom stereocenters. The third-order valence-corrected chi connectivity index (χ3v) is 10.9. The topological polar surface area (TPSA) is 83.3 Å². The average molecular weight is 588 g/mol. The Balaban J connectivity index is 1.06. The van der Waals surface area contributed by atoms with Gasteiger partial charge in [0.2, 0.25) is 0 Å². The van der Waals surface area contributed by atoms with Crippen LogP contribution in [-0.2, 0) is 11.8 Å². The lowest BCUT2D eigenvalue weighted by Crippen LogP contribution is -2.37. The van der Waals surface area contributed by atoms with E-state index in [4.69, 9.17) is 14.0 Å². The fourth-order valence-electron chi connectivity index (χ4n) is 7.17. The maximum absolute atomic E-state index is 13.7. The first-order chi connectivity index (χ1) is 20.5. The summed E-state index contributed by atoms with van der Waals surface area (Å²) in [5.41, 5.74) is 5.74. The number of methoxy groups -OCH3 is 2. The van der Waals surface area contributed by atoms with Gasteiger partial charge in [0, 0.05) is 59.5 Å². The van der Waals surface area contributed by atoms with Gasteiger partial charge in [-0.05, 0) is 93.9 Å². The number of rotatable bonds is 7. The summed E-state index contributed by atoms with van der Waals surface area (Å²) in [6, 6.07) is 11.3. The molecule has 4 fully saturated rings. The molecule has 9 nitrogen and oxygen atoms in total. The Morgan fingerprint density at radius 1 is 1.05 bits per heavy atom. The largest absolute Gasteiger partial charge is 0.495 e. The highest BCUT2D eigenvalue weighted by molar-refractivity contribution is 8.00. The highest BCUT2D eigenvalue weighted by Gasteiger charge is 2.51. The summed E-state index contributed by atoms with van der Waals surface area (Å²) in [4.78, 5) is 21.3. The molecule has 8 rings (SSSR count). The first kappa shape index (κ1) is 26.3. The number of ether oxygens (including phenoxy) is 2. The summed E-state index contributed by atoms with van der Waals surface area (Å²) in [6.45, 7) is 4.02. The van der Waals surface area contributed by atoms with Crippen LogP contribution >= 0.6 is 11.9 Å². The van der Waals surface area contributed by atoms with Gasteiger partial charge in [-0.1, -0.05) is 11.2 Å². The van der Waals surface area contributed by atoms with Crippen LogP contribution in [0, 0.1) is 0 Å². The summed E-state index contributed by atoms with van der Waals surface area (Å²) in [5.74, 6) is 2.83. The van der Waals surface area contributed by atoms with Crippen LogP contribution in [0.2, 0.25) is 0 Å². The van der Waals surface area contributed by atoms with E-state index in [0.717, 1.165) is 67.5 Å². The molecule has 5 aliphatic rings. The van der Waals surface area contributed by atoms with Crippen molar-refractivity contribution in [3.63, 3.8) is 0 Å². The Hall–Kier alpha value is -3.37. The molecule has 3 heterocycles. The minimum Gasteiger partial charge on any atom is -0.495 e. The number of benzene rings is 2. The van der Waals surface area contributed by atoms with Crippen LogP contribution in [-0.4, -0.2) is 80.4 Å². The van der Waals surface area contributed by atoms with Gasteiger partial charge in [0.05, 0.1) is 14.2 Å². The molecule has 2 saturated heterocycles. The molecular weight excluding hydrogens is 550 g/mol. The van der Waals surface area contributed by atoms with E-state index in [0.29, 0.717) is 23.1 Å². The van der Waals surface area contributed by atoms with Crippen LogP contribution in [0.5, 0.6) is 11.5 Å². The highest BCUT2D eigenvalue weighted by atomic mass is 32.2. The molecule has 1 N–H and O–H groups in total. The number of nitrogens with one attached hydrogen (secondary N) is 1. The molecule has 2 aromatic carbocycles.